The van der Waals surface area contributed by atoms with Crippen molar-refractivity contribution in [3.05, 3.63) is 58.3 Å². The molecule has 55 heavy (non-hydrogen) atoms. The lowest BCUT2D eigenvalue weighted by molar-refractivity contribution is -0.121. The fourth-order valence-electron chi connectivity index (χ4n) is 5.62. The van der Waals surface area contributed by atoms with Gasteiger partial charge >= 0.3 is 12.2 Å². The predicted octanol–water partition coefficient (Wildman–Crippen LogP) is 5.59. The van der Waals surface area contributed by atoms with E-state index in [2.05, 4.69) is 15.3 Å². The molecule has 15 heteroatoms. The molecule has 3 fully saturated rings. The van der Waals surface area contributed by atoms with Crippen molar-refractivity contribution in [3.8, 4) is 5.75 Å². The fourth-order valence-corrected chi connectivity index (χ4v) is 5.62. The maximum atomic E-state index is 12.3. The van der Waals surface area contributed by atoms with Crippen LogP contribution < -0.4 is 15.5 Å². The van der Waals surface area contributed by atoms with Gasteiger partial charge in [0.1, 0.15) is 28.3 Å². The Kier molecular flexibility index (Phi) is 20.0. The molecule has 0 aliphatic carbocycles. The number of aliphatic hydroxyl groups is 1. The third kappa shape index (κ3) is 17.2. The maximum Gasteiger partial charge on any atom is 0.410 e. The summed E-state index contributed by atoms with van der Waals surface area (Å²) in [6.07, 6.45) is 10.7. The topological polar surface area (TPSA) is 198 Å². The van der Waals surface area contributed by atoms with E-state index in [-0.39, 0.29) is 48.0 Å². The second kappa shape index (κ2) is 22.7. The van der Waals surface area contributed by atoms with Crippen LogP contribution in [0.5, 0.6) is 5.75 Å². The van der Waals surface area contributed by atoms with Crippen molar-refractivity contribution < 1.29 is 43.3 Å². The maximum absolute atomic E-state index is 12.3. The number of hydrogen-bond donors (Lipinski definition) is 3. The number of aromatic amines is 1. The summed E-state index contributed by atoms with van der Waals surface area (Å²) in [5.74, 6) is 0.679. The summed E-state index contributed by atoms with van der Waals surface area (Å²) in [5, 5.41) is 10.2. The molecule has 0 radical (unpaired) electrons. The number of carbonyl (C=O) groups is 5. The highest BCUT2D eigenvalue weighted by Crippen LogP contribution is 2.39. The van der Waals surface area contributed by atoms with Crippen LogP contribution in [0.4, 0.5) is 9.59 Å². The van der Waals surface area contributed by atoms with Gasteiger partial charge in [-0.3, -0.25) is 24.2 Å². The van der Waals surface area contributed by atoms with Gasteiger partial charge in [0, 0.05) is 89.8 Å². The van der Waals surface area contributed by atoms with Crippen molar-refractivity contribution >= 4 is 29.5 Å². The van der Waals surface area contributed by atoms with Gasteiger partial charge in [-0.15, -0.1) is 0 Å². The molecule has 2 aromatic heterocycles. The molecular formula is C40H63N5O10. The van der Waals surface area contributed by atoms with E-state index in [1.165, 1.54) is 51.3 Å². The van der Waals surface area contributed by atoms with Crippen LogP contribution in [0.25, 0.3) is 0 Å². The Labute approximate surface area is 325 Å². The SMILES string of the molecule is C.C1CCNC1.CC(=O)c1c[nH]ccc1=O.CC(C)(C)OC(=O)N1CCC(=O)CC1.CC(C)(C)OC(=O)N1CCC2(CC1)CC(=O)c1cnccc1O2.CO. The molecule has 2 aromatic rings. The second-order valence-corrected chi connectivity index (χ2v) is 15.2. The smallest absolute Gasteiger partial charge is 0.410 e. The number of nitrogens with one attached hydrogen (secondary N) is 2. The first kappa shape index (κ1) is 48.4. The predicted molar refractivity (Wildman–Crippen MR) is 210 cm³/mol. The number of ketones is 3. The normalized spacial score (nSPS) is 17.0. The Morgan fingerprint density at radius 2 is 1.38 bits per heavy atom. The van der Waals surface area contributed by atoms with Gasteiger partial charge < -0.3 is 39.4 Å². The molecule has 3 N–H and O–H groups in total. The Morgan fingerprint density at radius 3 is 1.82 bits per heavy atom. The van der Waals surface area contributed by atoms with Crippen LogP contribution in [0, 0.1) is 0 Å². The number of carbonyl (C=O) groups excluding carboxylic acids is 5. The number of aromatic nitrogens is 2. The summed E-state index contributed by atoms with van der Waals surface area (Å²) in [4.78, 5) is 78.3. The number of nitrogens with zero attached hydrogens (tertiary/aromatic N) is 3. The van der Waals surface area contributed by atoms with Crippen molar-refractivity contribution in [2.75, 3.05) is 46.4 Å². The summed E-state index contributed by atoms with van der Waals surface area (Å²) in [6.45, 7) is 17.0. The Balaban J connectivity index is 0.000000403. The zero-order chi connectivity index (χ0) is 40.5. The Bertz CT molecular complexity index is 1580. The second-order valence-electron chi connectivity index (χ2n) is 15.2. The van der Waals surface area contributed by atoms with E-state index in [1.807, 2.05) is 41.5 Å². The molecule has 6 heterocycles. The molecule has 0 unspecified atom stereocenters. The van der Waals surface area contributed by atoms with Gasteiger partial charge in [0.2, 0.25) is 0 Å². The molecular weight excluding hydrogens is 710 g/mol. The largest absolute Gasteiger partial charge is 0.486 e. The average Bonchev–Trinajstić information content (AvgIpc) is 3.70. The Morgan fingerprint density at radius 1 is 0.855 bits per heavy atom. The molecule has 0 aromatic carbocycles. The lowest BCUT2D eigenvalue weighted by atomic mass is 9.83. The number of aliphatic hydroxyl groups excluding tert-OH is 1. The number of hydrogen-bond acceptors (Lipinski definition) is 12. The number of H-pyrrole nitrogens is 1. The number of piperidine rings is 2. The molecule has 4 aliphatic heterocycles. The van der Waals surface area contributed by atoms with Crippen molar-refractivity contribution in [3.63, 3.8) is 0 Å². The Hall–Kier alpha value is -4.63. The number of ether oxygens (including phenoxy) is 3. The standard InChI is InChI=1S/C17H22N2O4.C10H17NO3.C7H7NO2.C4H9N.CH4O.CH4/c1-16(2,3)23-15(21)19-8-5-17(6-9-19)10-13(20)12-11-18-7-4-14(12)22-17;1-10(2,3)14-9(13)11-6-4-8(12)5-7-11;1-5(9)6-4-8-3-2-7(6)10;1-2-4-5-3-1;1-2;/h4,7,11H,5-6,8-10H2,1-3H3;4-7H2,1-3H3;2-4H,1H3,(H,8,10);5H,1-4H2;2H,1H3;1H4. The summed E-state index contributed by atoms with van der Waals surface area (Å²) >= 11 is 0. The van der Waals surface area contributed by atoms with E-state index in [9.17, 15) is 28.8 Å². The summed E-state index contributed by atoms with van der Waals surface area (Å²) in [5.41, 5.74) is -0.945. The molecule has 3 saturated heterocycles. The number of pyridine rings is 2. The van der Waals surface area contributed by atoms with E-state index < -0.39 is 16.8 Å². The van der Waals surface area contributed by atoms with Crippen molar-refractivity contribution in [1.82, 2.24) is 25.1 Å². The van der Waals surface area contributed by atoms with Crippen LogP contribution in [-0.2, 0) is 14.3 Å². The van der Waals surface area contributed by atoms with Gasteiger partial charge in [0.05, 0.1) is 17.5 Å². The monoisotopic (exact) mass is 773 g/mol. The average molecular weight is 774 g/mol. The third-order valence-electron chi connectivity index (χ3n) is 8.35. The first-order chi connectivity index (χ1) is 25.4. The van der Waals surface area contributed by atoms with E-state index in [4.69, 9.17) is 19.3 Å². The fraction of sp³-hybridized carbons (Fsp3) is 0.625. The molecule has 0 saturated carbocycles. The highest BCUT2D eigenvalue weighted by molar-refractivity contribution is 6.00. The lowest BCUT2D eigenvalue weighted by Crippen LogP contribution is -2.53. The van der Waals surface area contributed by atoms with Crippen molar-refractivity contribution in [2.45, 2.75) is 118 Å². The zero-order valence-corrected chi connectivity index (χ0v) is 33.1. The first-order valence-corrected chi connectivity index (χ1v) is 18.4. The number of fused-ring (bicyclic) bond motifs is 1. The molecule has 2 amide bonds. The minimum absolute atomic E-state index is 0. The third-order valence-corrected chi connectivity index (χ3v) is 8.35. The van der Waals surface area contributed by atoms with E-state index in [0.29, 0.717) is 69.6 Å². The van der Waals surface area contributed by atoms with E-state index in [1.54, 1.807) is 28.3 Å². The minimum Gasteiger partial charge on any atom is -0.486 e. The van der Waals surface area contributed by atoms with E-state index in [0.717, 1.165) is 7.11 Å². The van der Waals surface area contributed by atoms with Crippen LogP contribution in [0.1, 0.15) is 122 Å². The van der Waals surface area contributed by atoms with Crippen LogP contribution in [0.15, 0.2) is 41.7 Å². The van der Waals surface area contributed by atoms with Crippen LogP contribution in [0.2, 0.25) is 0 Å². The number of likely N-dealkylation sites (tertiary alicyclic amines) is 2. The molecule has 308 valence electrons. The molecule has 4 aliphatic rings. The lowest BCUT2D eigenvalue weighted by Gasteiger charge is -2.43. The van der Waals surface area contributed by atoms with Gasteiger partial charge in [0.25, 0.3) is 0 Å². The number of amides is 2. The molecule has 0 bridgehead atoms. The molecule has 0 atom stereocenters. The highest BCUT2D eigenvalue weighted by Gasteiger charge is 2.44. The zero-order valence-electron chi connectivity index (χ0n) is 33.1. The van der Waals surface area contributed by atoms with Gasteiger partial charge in [0.15, 0.2) is 17.0 Å². The summed E-state index contributed by atoms with van der Waals surface area (Å²) < 4.78 is 16.7. The van der Waals surface area contributed by atoms with Crippen LogP contribution in [0.3, 0.4) is 0 Å². The van der Waals surface area contributed by atoms with Crippen LogP contribution in [-0.4, -0.2) is 118 Å². The van der Waals surface area contributed by atoms with Crippen molar-refractivity contribution in [1.29, 1.82) is 0 Å². The summed E-state index contributed by atoms with van der Waals surface area (Å²) in [6, 6.07) is 3.06. The van der Waals surface area contributed by atoms with Gasteiger partial charge in [-0.05, 0) is 80.5 Å². The highest BCUT2D eigenvalue weighted by atomic mass is 16.6. The van der Waals surface area contributed by atoms with E-state index >= 15 is 0 Å². The quantitative estimate of drug-likeness (QED) is 0.304. The molecule has 6 rings (SSSR count). The number of rotatable bonds is 1. The number of Topliss-reactive ketones (excluding diaryl/α,β-unsaturated/α-hetero) is 3. The molecule has 15 nitrogen and oxygen atoms in total. The van der Waals surface area contributed by atoms with Crippen LogP contribution >= 0.6 is 0 Å². The molecule has 1 spiro atoms. The first-order valence-electron chi connectivity index (χ1n) is 18.4. The van der Waals surface area contributed by atoms with Gasteiger partial charge in [-0.25, -0.2) is 9.59 Å². The minimum atomic E-state index is -0.510. The van der Waals surface area contributed by atoms with Crippen molar-refractivity contribution in [2.24, 2.45) is 0 Å². The van der Waals surface area contributed by atoms with Gasteiger partial charge in [-0.2, -0.15) is 0 Å². The van der Waals surface area contributed by atoms with Gasteiger partial charge in [-0.1, -0.05) is 7.43 Å². The summed E-state index contributed by atoms with van der Waals surface area (Å²) in [7, 11) is 1.00.